The van der Waals surface area contributed by atoms with E-state index >= 15 is 0 Å². The summed E-state index contributed by atoms with van der Waals surface area (Å²) < 4.78 is 7.91. The molecule has 0 atom stereocenters. The fourth-order valence-electron chi connectivity index (χ4n) is 2.93. The maximum Gasteiger partial charge on any atom is 0.135 e. The van der Waals surface area contributed by atoms with Crippen molar-refractivity contribution in [3.63, 3.8) is 0 Å². The zero-order valence-corrected chi connectivity index (χ0v) is 11.6. The van der Waals surface area contributed by atoms with Crippen molar-refractivity contribution in [1.82, 2.24) is 9.55 Å². The second-order valence-corrected chi connectivity index (χ2v) is 5.36. The van der Waals surface area contributed by atoms with Gasteiger partial charge in [-0.15, -0.1) is 0 Å². The Morgan fingerprint density at radius 2 is 2.15 bits per heavy atom. The largest absolute Gasteiger partial charge is 0.399 e. The molecule has 0 spiro atoms. The van der Waals surface area contributed by atoms with Crippen LogP contribution in [-0.2, 0) is 17.9 Å². The number of nitrogen functional groups attached to an aromatic ring is 1. The highest BCUT2D eigenvalue weighted by molar-refractivity contribution is 5.79. The van der Waals surface area contributed by atoms with Crippen LogP contribution in [0.15, 0.2) is 18.2 Å². The number of aliphatic hydroxyl groups excluding tert-OH is 1. The number of ether oxygens (including phenoxy) is 1. The van der Waals surface area contributed by atoms with Crippen LogP contribution in [0.5, 0.6) is 0 Å². The average molecular weight is 275 g/mol. The van der Waals surface area contributed by atoms with Crippen molar-refractivity contribution < 1.29 is 9.84 Å². The smallest absolute Gasteiger partial charge is 0.135 e. The first-order chi connectivity index (χ1) is 9.78. The normalized spacial score (nSPS) is 16.2. The minimum Gasteiger partial charge on any atom is -0.399 e. The highest BCUT2D eigenvalue weighted by Crippen LogP contribution is 2.22. The summed E-state index contributed by atoms with van der Waals surface area (Å²) in [6.45, 7) is 1.30. The number of hydrogen-bond acceptors (Lipinski definition) is 4. The van der Waals surface area contributed by atoms with Gasteiger partial charge in [-0.3, -0.25) is 0 Å². The minimum atomic E-state index is -0.0714. The predicted octanol–water partition coefficient (Wildman–Crippen LogP) is 2.07. The molecule has 108 valence electrons. The number of aromatic nitrogens is 2. The second kappa shape index (κ2) is 5.81. The Hall–Kier alpha value is -1.59. The van der Waals surface area contributed by atoms with Crippen LogP contribution in [-0.4, -0.2) is 27.4 Å². The number of anilines is 1. The van der Waals surface area contributed by atoms with Gasteiger partial charge < -0.3 is 20.1 Å². The van der Waals surface area contributed by atoms with Gasteiger partial charge in [-0.05, 0) is 31.0 Å². The van der Waals surface area contributed by atoms with Crippen molar-refractivity contribution in [2.45, 2.75) is 44.9 Å². The Morgan fingerprint density at radius 3 is 2.90 bits per heavy atom. The van der Waals surface area contributed by atoms with Gasteiger partial charge in [0.2, 0.25) is 0 Å². The standard InChI is InChI=1S/C15H21N3O2/c16-11-5-6-14-13(9-11)17-15(10-19)18(14)7-8-20-12-3-1-2-4-12/h5-6,9,12,19H,1-4,7-8,10,16H2. The van der Waals surface area contributed by atoms with E-state index in [0.29, 0.717) is 30.8 Å². The molecule has 1 heterocycles. The van der Waals surface area contributed by atoms with Crippen molar-refractivity contribution in [3.05, 3.63) is 24.0 Å². The number of hydrogen-bond donors (Lipinski definition) is 2. The molecule has 3 rings (SSSR count). The minimum absolute atomic E-state index is 0.0714. The number of nitrogens with two attached hydrogens (primary N) is 1. The van der Waals surface area contributed by atoms with Crippen LogP contribution in [0.1, 0.15) is 31.5 Å². The summed E-state index contributed by atoms with van der Waals surface area (Å²) in [6.07, 6.45) is 5.32. The average Bonchev–Trinajstić information content (AvgIpc) is 3.06. The van der Waals surface area contributed by atoms with Crippen molar-refractivity contribution in [1.29, 1.82) is 0 Å². The molecule has 5 nitrogen and oxygen atoms in total. The van der Waals surface area contributed by atoms with E-state index < -0.39 is 0 Å². The molecule has 1 aliphatic rings. The summed E-state index contributed by atoms with van der Waals surface area (Å²) >= 11 is 0. The molecule has 1 aromatic heterocycles. The molecule has 3 N–H and O–H groups in total. The van der Waals surface area contributed by atoms with E-state index in [1.54, 1.807) is 0 Å². The van der Waals surface area contributed by atoms with Crippen molar-refractivity contribution in [2.24, 2.45) is 0 Å². The molecule has 1 fully saturated rings. The third-order valence-electron chi connectivity index (χ3n) is 3.96. The van der Waals surface area contributed by atoms with Crippen LogP contribution < -0.4 is 5.73 Å². The Labute approximate surface area is 118 Å². The molecule has 0 bridgehead atoms. The fourth-order valence-corrected chi connectivity index (χ4v) is 2.93. The second-order valence-electron chi connectivity index (χ2n) is 5.36. The van der Waals surface area contributed by atoms with Gasteiger partial charge in [0.15, 0.2) is 0 Å². The lowest BCUT2D eigenvalue weighted by Crippen LogP contribution is -2.14. The van der Waals surface area contributed by atoms with Gasteiger partial charge in [-0.25, -0.2) is 4.98 Å². The molecule has 1 aromatic carbocycles. The van der Waals surface area contributed by atoms with Crippen LogP contribution in [0, 0.1) is 0 Å². The molecule has 20 heavy (non-hydrogen) atoms. The van der Waals surface area contributed by atoms with Crippen molar-refractivity contribution in [3.8, 4) is 0 Å². The van der Waals surface area contributed by atoms with Gasteiger partial charge in [0, 0.05) is 12.2 Å². The Balaban J connectivity index is 1.75. The number of nitrogens with zero attached hydrogens (tertiary/aromatic N) is 2. The van der Waals surface area contributed by atoms with E-state index in [9.17, 15) is 5.11 Å². The Morgan fingerprint density at radius 1 is 1.35 bits per heavy atom. The molecule has 0 aliphatic heterocycles. The zero-order valence-electron chi connectivity index (χ0n) is 11.6. The van der Waals surface area contributed by atoms with Gasteiger partial charge >= 0.3 is 0 Å². The van der Waals surface area contributed by atoms with Crippen LogP contribution in [0.2, 0.25) is 0 Å². The molecule has 1 aliphatic carbocycles. The third kappa shape index (κ3) is 2.64. The number of aliphatic hydroxyl groups is 1. The lowest BCUT2D eigenvalue weighted by atomic mass is 10.3. The van der Waals surface area contributed by atoms with E-state index in [0.717, 1.165) is 11.0 Å². The summed E-state index contributed by atoms with van der Waals surface area (Å²) in [5, 5.41) is 9.44. The first kappa shape index (κ1) is 13.4. The summed E-state index contributed by atoms with van der Waals surface area (Å²) in [7, 11) is 0. The molecule has 0 amide bonds. The van der Waals surface area contributed by atoms with Gasteiger partial charge in [0.25, 0.3) is 0 Å². The first-order valence-electron chi connectivity index (χ1n) is 7.25. The van der Waals surface area contributed by atoms with Gasteiger partial charge in [-0.2, -0.15) is 0 Å². The van der Waals surface area contributed by atoms with Crippen LogP contribution in [0.3, 0.4) is 0 Å². The fraction of sp³-hybridized carbons (Fsp3) is 0.533. The van der Waals surface area contributed by atoms with E-state index in [4.69, 9.17) is 10.5 Å². The van der Waals surface area contributed by atoms with Crippen LogP contribution in [0.25, 0.3) is 11.0 Å². The molecule has 2 aromatic rings. The van der Waals surface area contributed by atoms with Gasteiger partial charge in [0.05, 0.1) is 23.7 Å². The third-order valence-corrected chi connectivity index (χ3v) is 3.96. The maximum atomic E-state index is 9.44. The van der Waals surface area contributed by atoms with Crippen molar-refractivity contribution >= 4 is 16.7 Å². The SMILES string of the molecule is Nc1ccc2c(c1)nc(CO)n2CCOC1CCCC1. The summed E-state index contributed by atoms with van der Waals surface area (Å²) in [5.74, 6) is 0.667. The molecule has 1 saturated carbocycles. The lowest BCUT2D eigenvalue weighted by molar-refractivity contribution is 0.0526. The quantitative estimate of drug-likeness (QED) is 0.819. The van der Waals surface area contributed by atoms with E-state index in [1.807, 2.05) is 22.8 Å². The van der Waals surface area contributed by atoms with Crippen LogP contribution in [0.4, 0.5) is 5.69 Å². The molecular weight excluding hydrogens is 254 g/mol. The maximum absolute atomic E-state index is 9.44. The zero-order chi connectivity index (χ0) is 13.9. The Kier molecular flexibility index (Phi) is 3.89. The molecule has 0 radical (unpaired) electrons. The number of imidazole rings is 1. The number of fused-ring (bicyclic) bond motifs is 1. The van der Waals surface area contributed by atoms with Crippen molar-refractivity contribution in [2.75, 3.05) is 12.3 Å². The summed E-state index contributed by atoms with van der Waals surface area (Å²) in [6, 6.07) is 5.65. The molecule has 5 heteroatoms. The monoisotopic (exact) mass is 275 g/mol. The molecule has 0 unspecified atom stereocenters. The van der Waals surface area contributed by atoms with Gasteiger partial charge in [0.1, 0.15) is 12.4 Å². The van der Waals surface area contributed by atoms with Crippen LogP contribution >= 0.6 is 0 Å². The molecular formula is C15H21N3O2. The first-order valence-corrected chi connectivity index (χ1v) is 7.25. The highest BCUT2D eigenvalue weighted by Gasteiger charge is 2.16. The summed E-state index contributed by atoms with van der Waals surface area (Å²) in [4.78, 5) is 4.42. The number of rotatable bonds is 5. The predicted molar refractivity (Wildman–Crippen MR) is 78.3 cm³/mol. The lowest BCUT2D eigenvalue weighted by Gasteiger charge is -2.13. The van der Waals surface area contributed by atoms with Gasteiger partial charge in [-0.1, -0.05) is 12.8 Å². The topological polar surface area (TPSA) is 73.3 Å². The number of benzene rings is 1. The summed E-state index contributed by atoms with van der Waals surface area (Å²) in [5.41, 5.74) is 8.29. The molecule has 0 saturated heterocycles. The van der Waals surface area contributed by atoms with E-state index in [2.05, 4.69) is 4.98 Å². The van der Waals surface area contributed by atoms with E-state index in [1.165, 1.54) is 25.7 Å². The highest BCUT2D eigenvalue weighted by atomic mass is 16.5. The van der Waals surface area contributed by atoms with E-state index in [-0.39, 0.29) is 6.61 Å². The Bertz CT molecular complexity index is 588.